The Morgan fingerprint density at radius 1 is 0.390 bits per heavy atom. The summed E-state index contributed by atoms with van der Waals surface area (Å²) in [7, 11) is 18.0. The van der Waals surface area contributed by atoms with Crippen LogP contribution in [0.5, 0.6) is 0 Å². The normalized spacial score (nSPS) is 11.9. The van der Waals surface area contributed by atoms with Crippen LogP contribution in [0.1, 0.15) is 0 Å². The first-order valence-electron chi connectivity index (χ1n) is 20.3. The van der Waals surface area contributed by atoms with Crippen LogP contribution in [-0.4, -0.2) is 82.3 Å². The van der Waals surface area contributed by atoms with Gasteiger partial charge in [0.05, 0.1) is 0 Å². The minimum absolute atomic E-state index is 0.597. The molecule has 0 N–H and O–H groups in total. The highest BCUT2D eigenvalue weighted by Gasteiger charge is 2.25. The lowest BCUT2D eigenvalue weighted by Crippen LogP contribution is -2.49. The zero-order chi connectivity index (χ0) is 40.4. The van der Waals surface area contributed by atoms with E-state index in [1.165, 1.54) is 54.5 Å². The molecule has 0 fully saturated rings. The van der Waals surface area contributed by atoms with E-state index in [0.717, 1.165) is 77.2 Å². The van der Waals surface area contributed by atoms with Gasteiger partial charge in [0.25, 0.3) is 0 Å². The summed E-state index contributed by atoms with van der Waals surface area (Å²) in [5.41, 5.74) is 19.9. The first-order valence-corrected chi connectivity index (χ1v) is 20.3. The van der Waals surface area contributed by atoms with E-state index in [0.29, 0.717) is 17.6 Å². The summed E-state index contributed by atoms with van der Waals surface area (Å²) >= 11 is 0. The van der Waals surface area contributed by atoms with Gasteiger partial charge in [-0.05, 0) is 52.7 Å². The molecule has 4 heterocycles. The van der Waals surface area contributed by atoms with Gasteiger partial charge < -0.3 is 8.83 Å². The summed E-state index contributed by atoms with van der Waals surface area (Å²) < 4.78 is 15.2. The van der Waals surface area contributed by atoms with Crippen LogP contribution in [0, 0.1) is 0 Å². The van der Waals surface area contributed by atoms with E-state index in [1.807, 2.05) is 36.4 Å². The molecule has 6 nitrogen and oxygen atoms in total. The molecule has 0 radical (unpaired) electrons. The molecule has 0 aliphatic rings. The van der Waals surface area contributed by atoms with Crippen molar-refractivity contribution < 1.29 is 8.83 Å². The molecule has 0 unspecified atom stereocenters. The highest BCUT2D eigenvalue weighted by Crippen LogP contribution is 2.39. The zero-order valence-electron chi connectivity index (χ0n) is 34.5. The van der Waals surface area contributed by atoms with Gasteiger partial charge in [-0.25, -0.2) is 4.98 Å². The number of rotatable bonds is 4. The van der Waals surface area contributed by atoms with Gasteiger partial charge in [0, 0.05) is 49.3 Å². The van der Waals surface area contributed by atoms with Crippen LogP contribution >= 0.6 is 0 Å². The van der Waals surface area contributed by atoms with Gasteiger partial charge in [0.1, 0.15) is 85.1 Å². The van der Waals surface area contributed by atoms with Crippen molar-refractivity contribution in [3.8, 4) is 39.9 Å². The van der Waals surface area contributed by atoms with Crippen molar-refractivity contribution in [3.63, 3.8) is 0 Å². The van der Waals surface area contributed by atoms with Crippen LogP contribution < -0.4 is 43.7 Å². The molecule has 0 saturated carbocycles. The second-order valence-corrected chi connectivity index (χ2v) is 16.2. The largest absolute Gasteiger partial charge is 0.456 e. The quantitative estimate of drug-likeness (QED) is 0.192. The van der Waals surface area contributed by atoms with Crippen molar-refractivity contribution in [1.29, 1.82) is 0 Å². The fourth-order valence-electron chi connectivity index (χ4n) is 9.44. The summed E-state index contributed by atoms with van der Waals surface area (Å²) in [6, 6.07) is 37.4. The van der Waals surface area contributed by atoms with Crippen molar-refractivity contribution >= 4 is 172 Å². The summed E-state index contributed by atoms with van der Waals surface area (Å²) in [4.78, 5) is 15.9. The third-order valence-corrected chi connectivity index (χ3v) is 13.3. The Hall–Kier alpha value is -6.53. The number of fused-ring (bicyclic) bond motifs is 9. The number of furan rings is 2. The summed E-state index contributed by atoms with van der Waals surface area (Å²) in [6.45, 7) is 0. The third kappa shape index (κ3) is 5.14. The first kappa shape index (κ1) is 35.6. The molecule has 0 saturated heterocycles. The minimum Gasteiger partial charge on any atom is -0.456 e. The molecular weight excluding hydrogens is 715 g/mol. The Morgan fingerprint density at radius 2 is 0.915 bits per heavy atom. The highest BCUT2D eigenvalue weighted by atomic mass is 16.3. The molecule has 11 aromatic rings. The second kappa shape index (κ2) is 13.0. The van der Waals surface area contributed by atoms with Crippen molar-refractivity contribution in [2.45, 2.75) is 0 Å². The molecule has 0 spiro atoms. The highest BCUT2D eigenvalue weighted by molar-refractivity contribution is 6.71. The van der Waals surface area contributed by atoms with Crippen LogP contribution in [0.3, 0.4) is 0 Å². The van der Waals surface area contributed by atoms with E-state index >= 15 is 0 Å². The molecule has 4 aromatic heterocycles. The maximum absolute atomic E-state index is 6.45. The van der Waals surface area contributed by atoms with Gasteiger partial charge in [-0.15, -0.1) is 10.9 Å². The number of para-hydroxylation sites is 2. The van der Waals surface area contributed by atoms with Gasteiger partial charge in [-0.1, -0.05) is 106 Å². The average molecular weight is 749 g/mol. The zero-order valence-corrected chi connectivity index (χ0v) is 34.5. The molecule has 0 amide bonds. The van der Waals surface area contributed by atoms with Gasteiger partial charge in [0.15, 0.2) is 11.6 Å². The van der Waals surface area contributed by atoms with Crippen molar-refractivity contribution in [1.82, 2.24) is 19.5 Å². The van der Waals surface area contributed by atoms with E-state index in [9.17, 15) is 0 Å². The average Bonchev–Trinajstić information content (AvgIpc) is 3.96. The van der Waals surface area contributed by atoms with Crippen molar-refractivity contribution in [2.24, 2.45) is 0 Å². The van der Waals surface area contributed by atoms with Gasteiger partial charge in [-0.3, -0.25) is 4.57 Å². The van der Waals surface area contributed by atoms with Crippen molar-refractivity contribution in [3.05, 3.63) is 109 Å². The third-order valence-electron chi connectivity index (χ3n) is 13.3. The number of benzene rings is 7. The van der Waals surface area contributed by atoms with Gasteiger partial charge >= 0.3 is 0 Å². The summed E-state index contributed by atoms with van der Waals surface area (Å²) in [6.07, 6.45) is 0. The summed E-state index contributed by atoms with van der Waals surface area (Å²) in [5.74, 6) is 1.82. The van der Waals surface area contributed by atoms with Crippen molar-refractivity contribution in [2.75, 3.05) is 0 Å². The molecule has 7 aromatic carbocycles. The maximum Gasteiger partial charge on any atom is 0.238 e. The van der Waals surface area contributed by atoms with Gasteiger partial charge in [0.2, 0.25) is 5.95 Å². The lowest BCUT2D eigenvalue weighted by Gasteiger charge is -2.16. The van der Waals surface area contributed by atoms with E-state index < -0.39 is 0 Å². The first-order chi connectivity index (χ1) is 28.6. The van der Waals surface area contributed by atoms with Crippen LogP contribution in [-0.2, 0) is 0 Å². The minimum atomic E-state index is 0.597. The lowest BCUT2D eigenvalue weighted by molar-refractivity contribution is 0.668. The number of hydrogen-bond donors (Lipinski definition) is 0. The molecule has 14 heteroatoms. The molecular formula is C45H34B8N4O2. The van der Waals surface area contributed by atoms with Crippen LogP contribution in [0.25, 0.3) is 106 Å². The molecule has 270 valence electrons. The van der Waals surface area contributed by atoms with E-state index in [-0.39, 0.29) is 0 Å². The Bertz CT molecular complexity index is 3540. The Labute approximate surface area is 348 Å². The van der Waals surface area contributed by atoms with E-state index in [1.54, 1.807) is 0 Å². The fraction of sp³-hybridized carbons (Fsp3) is 0. The maximum atomic E-state index is 6.45. The Kier molecular flexibility index (Phi) is 7.84. The number of aromatic nitrogens is 4. The van der Waals surface area contributed by atoms with E-state index in [4.69, 9.17) is 23.8 Å². The SMILES string of the molecule is Bc1c(B)c(B)c2c(c1B)c1c(B)c(B)c(B)c(B)c1n2-c1nc(-c2ccccc2)nc(-c2ccc3oc4ccc(-c5cccc6c5oc5ccccc56)cc4c3c2)n1. The fourth-order valence-corrected chi connectivity index (χ4v) is 9.44. The molecule has 0 atom stereocenters. The van der Waals surface area contributed by atoms with Crippen LogP contribution in [0.4, 0.5) is 0 Å². The predicted octanol–water partition coefficient (Wildman–Crippen LogP) is -2.16. The number of nitrogens with zero attached hydrogens (tertiary/aromatic N) is 4. The molecule has 59 heavy (non-hydrogen) atoms. The monoisotopic (exact) mass is 750 g/mol. The summed E-state index contributed by atoms with van der Waals surface area (Å²) in [5, 5.41) is 6.77. The topological polar surface area (TPSA) is 69.9 Å². The van der Waals surface area contributed by atoms with Gasteiger partial charge in [-0.2, -0.15) is 9.97 Å². The molecule has 0 aliphatic heterocycles. The lowest BCUT2D eigenvalue weighted by atomic mass is 9.63. The standard InChI is InChI=1S/C45H34B8N4O2/c46-32-30-31-33(47)35(49)37(51)39(53)41(31)57(40(30)38(52)36(50)34(32)48)45-55-43(19-7-2-1-3-8-19)54-44(56-45)21-14-16-29-26(18-21)25-17-20(13-15-28(25)58-29)22-10-6-11-24-23-9-4-5-12-27(23)59-42(22)24/h1-18H,46-53H2. The predicted molar refractivity (Wildman–Crippen MR) is 270 cm³/mol. The smallest absolute Gasteiger partial charge is 0.238 e. The molecule has 0 bridgehead atoms. The van der Waals surface area contributed by atoms with E-state index in [2.05, 4.69) is 140 Å². The second-order valence-electron chi connectivity index (χ2n) is 16.2. The Morgan fingerprint density at radius 3 is 1.58 bits per heavy atom. The van der Waals surface area contributed by atoms with Crippen LogP contribution in [0.15, 0.2) is 118 Å². The number of hydrogen-bond acceptors (Lipinski definition) is 5. The Balaban J connectivity index is 1.17. The van der Waals surface area contributed by atoms with Crippen LogP contribution in [0.2, 0.25) is 0 Å². The molecule has 0 aliphatic carbocycles. The molecule has 11 rings (SSSR count).